The van der Waals surface area contributed by atoms with Gasteiger partial charge in [0.25, 0.3) is 5.69 Å². The molecule has 0 atom stereocenters. The van der Waals surface area contributed by atoms with E-state index >= 15 is 0 Å². The van der Waals surface area contributed by atoms with E-state index in [1.165, 1.54) is 6.07 Å². The highest BCUT2D eigenvalue weighted by Gasteiger charge is 2.10. The average Bonchev–Trinajstić information content (AvgIpc) is 2.18. The minimum absolute atomic E-state index is 0.111. The zero-order chi connectivity index (χ0) is 11.4. The highest BCUT2D eigenvalue weighted by atomic mass is 16.6. The van der Waals surface area contributed by atoms with E-state index in [-0.39, 0.29) is 10.6 Å². The molecular formula is C10H15N3O2. The molecule has 0 saturated heterocycles. The summed E-state index contributed by atoms with van der Waals surface area (Å²) in [6.45, 7) is 3.13. The van der Waals surface area contributed by atoms with Crippen molar-refractivity contribution in [2.45, 2.75) is 6.92 Å². The molecule has 0 amide bonds. The lowest BCUT2D eigenvalue weighted by Crippen LogP contribution is -2.25. The molecule has 5 heteroatoms. The summed E-state index contributed by atoms with van der Waals surface area (Å²) in [4.78, 5) is 12.1. The van der Waals surface area contributed by atoms with Crippen LogP contribution in [-0.4, -0.2) is 25.1 Å². The third-order valence-corrected chi connectivity index (χ3v) is 2.28. The number of likely N-dealkylation sites (N-methyl/N-ethyl adjacent to an activating group) is 1. The lowest BCUT2D eigenvalue weighted by molar-refractivity contribution is -0.384. The Bertz CT molecular complexity index is 366. The monoisotopic (exact) mass is 209 g/mol. The van der Waals surface area contributed by atoms with E-state index in [2.05, 4.69) is 0 Å². The van der Waals surface area contributed by atoms with E-state index in [4.69, 9.17) is 5.73 Å². The normalized spacial score (nSPS) is 10.1. The third kappa shape index (κ3) is 2.66. The molecule has 0 bridgehead atoms. The minimum Gasteiger partial charge on any atom is -0.373 e. The van der Waals surface area contributed by atoms with Crippen molar-refractivity contribution in [3.05, 3.63) is 33.9 Å². The Morgan fingerprint density at radius 3 is 2.73 bits per heavy atom. The highest BCUT2D eigenvalue weighted by Crippen LogP contribution is 2.24. The molecule has 0 radical (unpaired) electrons. The van der Waals surface area contributed by atoms with Gasteiger partial charge in [-0.3, -0.25) is 10.1 Å². The predicted octanol–water partition coefficient (Wildman–Crippen LogP) is 1.30. The van der Waals surface area contributed by atoms with Crippen molar-refractivity contribution in [3.8, 4) is 0 Å². The Balaban J connectivity index is 3.04. The Morgan fingerprint density at radius 1 is 1.53 bits per heavy atom. The summed E-state index contributed by atoms with van der Waals surface area (Å²) in [5, 5.41) is 10.6. The maximum atomic E-state index is 10.6. The second kappa shape index (κ2) is 4.75. The quantitative estimate of drug-likeness (QED) is 0.599. The molecule has 0 aliphatic rings. The summed E-state index contributed by atoms with van der Waals surface area (Å²) in [6.07, 6.45) is 0. The zero-order valence-corrected chi connectivity index (χ0v) is 8.93. The van der Waals surface area contributed by atoms with Gasteiger partial charge in [0.05, 0.1) is 4.92 Å². The Kier molecular flexibility index (Phi) is 3.62. The largest absolute Gasteiger partial charge is 0.373 e. The topological polar surface area (TPSA) is 72.4 Å². The fraction of sp³-hybridized carbons (Fsp3) is 0.400. The zero-order valence-electron chi connectivity index (χ0n) is 8.93. The molecular weight excluding hydrogens is 194 g/mol. The van der Waals surface area contributed by atoms with Crippen molar-refractivity contribution in [2.24, 2.45) is 5.73 Å². The number of rotatable bonds is 4. The Labute approximate surface area is 88.6 Å². The molecule has 2 N–H and O–H groups in total. The van der Waals surface area contributed by atoms with Crippen LogP contribution in [0.25, 0.3) is 0 Å². The first-order valence-corrected chi connectivity index (χ1v) is 4.72. The summed E-state index contributed by atoms with van der Waals surface area (Å²) in [6, 6.07) is 4.83. The van der Waals surface area contributed by atoms with E-state index in [9.17, 15) is 10.1 Å². The molecule has 82 valence electrons. The smallest absolute Gasteiger partial charge is 0.271 e. The van der Waals surface area contributed by atoms with Gasteiger partial charge < -0.3 is 10.6 Å². The van der Waals surface area contributed by atoms with Crippen LogP contribution < -0.4 is 10.6 Å². The number of nitrogens with zero attached hydrogens (tertiary/aromatic N) is 2. The van der Waals surface area contributed by atoms with Gasteiger partial charge in [-0.05, 0) is 12.5 Å². The maximum Gasteiger partial charge on any atom is 0.271 e. The number of nitro benzene ring substituents is 1. The fourth-order valence-corrected chi connectivity index (χ4v) is 1.44. The van der Waals surface area contributed by atoms with Crippen LogP contribution in [0, 0.1) is 17.0 Å². The van der Waals surface area contributed by atoms with Crippen LogP contribution in [0.4, 0.5) is 11.4 Å². The lowest BCUT2D eigenvalue weighted by atomic mass is 10.1. The standard InChI is InChI=1S/C10H15N3O2/c1-8-3-4-9(13(14)15)7-10(8)12(2)6-5-11/h3-4,7H,5-6,11H2,1-2H3. The van der Waals surface area contributed by atoms with E-state index in [1.807, 2.05) is 18.9 Å². The molecule has 0 aliphatic carbocycles. The molecule has 0 spiro atoms. The summed E-state index contributed by atoms with van der Waals surface area (Å²) in [5.41, 5.74) is 7.42. The molecule has 5 nitrogen and oxygen atoms in total. The van der Waals surface area contributed by atoms with Gasteiger partial charge in [-0.25, -0.2) is 0 Å². The number of non-ortho nitro benzene ring substituents is 1. The number of aryl methyl sites for hydroxylation is 1. The summed E-state index contributed by atoms with van der Waals surface area (Å²) in [7, 11) is 1.87. The van der Waals surface area contributed by atoms with Crippen LogP contribution in [-0.2, 0) is 0 Å². The van der Waals surface area contributed by atoms with Gasteiger partial charge in [0.1, 0.15) is 0 Å². The molecule has 1 aromatic rings. The molecule has 0 aliphatic heterocycles. The third-order valence-electron chi connectivity index (χ3n) is 2.28. The molecule has 0 heterocycles. The van der Waals surface area contributed by atoms with E-state index in [1.54, 1.807) is 12.1 Å². The van der Waals surface area contributed by atoms with Crippen LogP contribution in [0.2, 0.25) is 0 Å². The van der Waals surface area contributed by atoms with Crippen LogP contribution in [0.3, 0.4) is 0 Å². The Morgan fingerprint density at radius 2 is 2.20 bits per heavy atom. The van der Waals surface area contributed by atoms with Crippen molar-refractivity contribution >= 4 is 11.4 Å². The SMILES string of the molecule is Cc1ccc([N+](=O)[O-])cc1N(C)CCN. The highest BCUT2D eigenvalue weighted by molar-refractivity contribution is 5.58. The first kappa shape index (κ1) is 11.5. The van der Waals surface area contributed by atoms with Crippen LogP contribution in [0.1, 0.15) is 5.56 Å². The van der Waals surface area contributed by atoms with Gasteiger partial charge in [0, 0.05) is 38.0 Å². The number of anilines is 1. The second-order valence-corrected chi connectivity index (χ2v) is 3.44. The summed E-state index contributed by atoms with van der Waals surface area (Å²) >= 11 is 0. The van der Waals surface area contributed by atoms with Crippen molar-refractivity contribution in [3.63, 3.8) is 0 Å². The van der Waals surface area contributed by atoms with Crippen molar-refractivity contribution in [2.75, 3.05) is 25.0 Å². The number of benzene rings is 1. The fourth-order valence-electron chi connectivity index (χ4n) is 1.44. The van der Waals surface area contributed by atoms with Crippen molar-refractivity contribution in [1.29, 1.82) is 0 Å². The van der Waals surface area contributed by atoms with Gasteiger partial charge in [0.2, 0.25) is 0 Å². The minimum atomic E-state index is -0.390. The molecule has 0 unspecified atom stereocenters. The summed E-state index contributed by atoms with van der Waals surface area (Å²) in [5.74, 6) is 0. The molecule has 0 fully saturated rings. The van der Waals surface area contributed by atoms with Gasteiger partial charge >= 0.3 is 0 Å². The van der Waals surface area contributed by atoms with E-state index < -0.39 is 0 Å². The number of nitrogens with two attached hydrogens (primary N) is 1. The van der Waals surface area contributed by atoms with Crippen molar-refractivity contribution in [1.82, 2.24) is 0 Å². The van der Waals surface area contributed by atoms with Gasteiger partial charge in [-0.2, -0.15) is 0 Å². The number of hydrogen-bond donors (Lipinski definition) is 1. The van der Waals surface area contributed by atoms with Gasteiger partial charge in [0.15, 0.2) is 0 Å². The van der Waals surface area contributed by atoms with Crippen LogP contribution >= 0.6 is 0 Å². The number of hydrogen-bond acceptors (Lipinski definition) is 4. The molecule has 15 heavy (non-hydrogen) atoms. The number of nitro groups is 1. The Hall–Kier alpha value is -1.62. The average molecular weight is 209 g/mol. The lowest BCUT2D eigenvalue weighted by Gasteiger charge is -2.20. The molecule has 0 saturated carbocycles. The second-order valence-electron chi connectivity index (χ2n) is 3.44. The molecule has 1 rings (SSSR count). The van der Waals surface area contributed by atoms with E-state index in [0.29, 0.717) is 13.1 Å². The van der Waals surface area contributed by atoms with E-state index in [0.717, 1.165) is 11.3 Å². The predicted molar refractivity (Wildman–Crippen MR) is 60.2 cm³/mol. The summed E-state index contributed by atoms with van der Waals surface area (Å²) < 4.78 is 0. The van der Waals surface area contributed by atoms with Crippen LogP contribution in [0.15, 0.2) is 18.2 Å². The van der Waals surface area contributed by atoms with Crippen molar-refractivity contribution < 1.29 is 4.92 Å². The first-order valence-electron chi connectivity index (χ1n) is 4.72. The van der Waals surface area contributed by atoms with Gasteiger partial charge in [-0.15, -0.1) is 0 Å². The molecule has 1 aromatic carbocycles. The molecule has 0 aromatic heterocycles. The van der Waals surface area contributed by atoms with Gasteiger partial charge in [-0.1, -0.05) is 6.07 Å². The maximum absolute atomic E-state index is 10.6. The first-order chi connectivity index (χ1) is 7.06. The van der Waals surface area contributed by atoms with Crippen LogP contribution in [0.5, 0.6) is 0 Å².